The van der Waals surface area contributed by atoms with Crippen molar-refractivity contribution in [3.63, 3.8) is 0 Å². The second kappa shape index (κ2) is 6.64. The van der Waals surface area contributed by atoms with Crippen molar-refractivity contribution in [2.75, 3.05) is 11.6 Å². The van der Waals surface area contributed by atoms with Crippen LogP contribution >= 0.6 is 0 Å². The fourth-order valence-corrected chi connectivity index (χ4v) is 3.20. The van der Waals surface area contributed by atoms with Crippen molar-refractivity contribution < 1.29 is 22.4 Å². The van der Waals surface area contributed by atoms with E-state index in [-0.39, 0.29) is 28.7 Å². The summed E-state index contributed by atoms with van der Waals surface area (Å²) >= 11 is 0. The summed E-state index contributed by atoms with van der Waals surface area (Å²) in [5.74, 6) is -1.29. The number of hydrogen-bond donors (Lipinski definition) is 2. The third kappa shape index (κ3) is 3.60. The minimum absolute atomic E-state index is 0.00174. The smallest absolute Gasteiger partial charge is 0.286 e. The average Bonchev–Trinajstić information content (AvgIpc) is 2.93. The number of primary amides is 1. The van der Waals surface area contributed by atoms with Crippen LogP contribution in [0.25, 0.3) is 11.0 Å². The number of rotatable bonds is 5. The van der Waals surface area contributed by atoms with E-state index in [0.717, 1.165) is 6.26 Å². The van der Waals surface area contributed by atoms with Crippen LogP contribution in [0.5, 0.6) is 0 Å². The van der Waals surface area contributed by atoms with E-state index in [1.165, 1.54) is 12.1 Å². The van der Waals surface area contributed by atoms with Gasteiger partial charge in [0.1, 0.15) is 11.3 Å². The van der Waals surface area contributed by atoms with Crippen molar-refractivity contribution in [3.8, 4) is 0 Å². The molecule has 0 unspecified atom stereocenters. The van der Waals surface area contributed by atoms with Gasteiger partial charge in [0.25, 0.3) is 5.91 Å². The molecule has 1 heterocycles. The first kappa shape index (κ1) is 17.7. The molecule has 3 aromatic rings. The van der Waals surface area contributed by atoms with Gasteiger partial charge in [0.05, 0.1) is 11.3 Å². The van der Waals surface area contributed by atoms with E-state index in [0.29, 0.717) is 16.5 Å². The average molecular weight is 372 g/mol. The zero-order valence-corrected chi connectivity index (χ0v) is 14.7. The molecule has 0 atom stereocenters. The molecule has 0 radical (unpaired) electrons. The molecule has 7 nitrogen and oxygen atoms in total. The van der Waals surface area contributed by atoms with Gasteiger partial charge in [0.2, 0.25) is 11.7 Å². The van der Waals surface area contributed by atoms with Crippen LogP contribution in [0.3, 0.4) is 0 Å². The first-order valence-corrected chi connectivity index (χ1v) is 9.55. The summed E-state index contributed by atoms with van der Waals surface area (Å²) in [5.41, 5.74) is 6.62. The Balaban J connectivity index is 1.83. The van der Waals surface area contributed by atoms with Gasteiger partial charge in [-0.2, -0.15) is 0 Å². The highest BCUT2D eigenvalue weighted by atomic mass is 32.2. The van der Waals surface area contributed by atoms with Crippen LogP contribution in [0.4, 0.5) is 5.69 Å². The zero-order valence-electron chi connectivity index (χ0n) is 13.9. The maximum Gasteiger partial charge on any atom is 0.286 e. The van der Waals surface area contributed by atoms with Gasteiger partial charge in [0.15, 0.2) is 9.84 Å². The molecule has 3 rings (SSSR count). The quantitative estimate of drug-likeness (QED) is 0.711. The number of anilines is 1. The molecule has 8 heteroatoms. The normalized spacial score (nSPS) is 11.4. The van der Waals surface area contributed by atoms with Crippen LogP contribution in [-0.2, 0) is 21.1 Å². The highest BCUT2D eigenvalue weighted by molar-refractivity contribution is 7.90. The second-order valence-electron chi connectivity index (χ2n) is 5.81. The summed E-state index contributed by atoms with van der Waals surface area (Å²) in [6.07, 6.45) is 1.12. The Morgan fingerprint density at radius 2 is 1.73 bits per heavy atom. The van der Waals surface area contributed by atoms with Crippen LogP contribution in [0, 0.1) is 0 Å². The summed E-state index contributed by atoms with van der Waals surface area (Å²) in [5, 5.41) is 3.23. The Bertz CT molecular complexity index is 1100. The van der Waals surface area contributed by atoms with E-state index in [1.54, 1.807) is 36.4 Å². The number of furan rings is 1. The first-order chi connectivity index (χ1) is 12.3. The van der Waals surface area contributed by atoms with Crippen LogP contribution in [-0.4, -0.2) is 26.5 Å². The van der Waals surface area contributed by atoms with Crippen molar-refractivity contribution in [3.05, 3.63) is 59.9 Å². The molecule has 134 valence electrons. The summed E-state index contributed by atoms with van der Waals surface area (Å²) in [7, 11) is -3.29. The summed E-state index contributed by atoms with van der Waals surface area (Å²) in [6.45, 7) is 0. The largest absolute Gasteiger partial charge is 0.449 e. The van der Waals surface area contributed by atoms with E-state index in [4.69, 9.17) is 10.2 Å². The highest BCUT2D eigenvalue weighted by Gasteiger charge is 2.20. The Kier molecular flexibility index (Phi) is 4.52. The summed E-state index contributed by atoms with van der Waals surface area (Å²) in [6, 6.07) is 12.9. The van der Waals surface area contributed by atoms with Gasteiger partial charge >= 0.3 is 0 Å². The molecule has 2 aromatic carbocycles. The molecule has 0 saturated heterocycles. The summed E-state index contributed by atoms with van der Waals surface area (Å²) < 4.78 is 28.3. The maximum absolute atomic E-state index is 12.4. The van der Waals surface area contributed by atoms with Crippen molar-refractivity contribution in [2.45, 2.75) is 11.3 Å². The molecule has 0 aliphatic heterocycles. The number of fused-ring (bicyclic) bond motifs is 1. The molecule has 0 aliphatic rings. The van der Waals surface area contributed by atoms with Gasteiger partial charge in [-0.1, -0.05) is 24.3 Å². The monoisotopic (exact) mass is 372 g/mol. The third-order valence-electron chi connectivity index (χ3n) is 3.80. The number of carbonyl (C=O) groups excluding carboxylic acids is 2. The lowest BCUT2D eigenvalue weighted by atomic mass is 10.1. The third-order valence-corrected chi connectivity index (χ3v) is 4.93. The molecular weight excluding hydrogens is 356 g/mol. The van der Waals surface area contributed by atoms with Crippen molar-refractivity contribution in [2.24, 2.45) is 5.73 Å². The van der Waals surface area contributed by atoms with E-state index < -0.39 is 15.7 Å². The lowest BCUT2D eigenvalue weighted by molar-refractivity contribution is -0.115. The maximum atomic E-state index is 12.4. The topological polar surface area (TPSA) is 119 Å². The van der Waals surface area contributed by atoms with E-state index >= 15 is 0 Å². The van der Waals surface area contributed by atoms with Gasteiger partial charge < -0.3 is 15.5 Å². The predicted molar refractivity (Wildman–Crippen MR) is 96.6 cm³/mol. The Morgan fingerprint density at radius 3 is 2.35 bits per heavy atom. The van der Waals surface area contributed by atoms with Gasteiger partial charge in [0, 0.05) is 11.6 Å². The number of carbonyl (C=O) groups is 2. The minimum Gasteiger partial charge on any atom is -0.449 e. The van der Waals surface area contributed by atoms with Gasteiger partial charge in [-0.15, -0.1) is 0 Å². The second-order valence-corrected chi connectivity index (χ2v) is 7.82. The lowest BCUT2D eigenvalue weighted by Gasteiger charge is -2.06. The standard InChI is InChI=1S/C18H16N2O5S/c1-26(23,24)12-8-6-11(7-9-12)10-15(21)20-16-13-4-2-3-5-14(13)25-17(16)18(19)22/h2-9H,10H2,1H3,(H2,19,22)(H,20,21). The van der Waals surface area contributed by atoms with E-state index in [9.17, 15) is 18.0 Å². The number of benzene rings is 2. The Morgan fingerprint density at radius 1 is 1.08 bits per heavy atom. The molecule has 26 heavy (non-hydrogen) atoms. The molecule has 3 N–H and O–H groups in total. The number of nitrogens with two attached hydrogens (primary N) is 1. The van der Waals surface area contributed by atoms with Crippen LogP contribution in [0.1, 0.15) is 16.1 Å². The Hall–Kier alpha value is -3.13. The van der Waals surface area contributed by atoms with Crippen LogP contribution in [0.2, 0.25) is 0 Å². The highest BCUT2D eigenvalue weighted by Crippen LogP contribution is 2.30. The zero-order chi connectivity index (χ0) is 18.9. The molecule has 0 saturated carbocycles. The van der Waals surface area contributed by atoms with Gasteiger partial charge in [-0.05, 0) is 29.8 Å². The molecule has 0 spiro atoms. The van der Waals surface area contributed by atoms with Crippen molar-refractivity contribution in [1.29, 1.82) is 0 Å². The summed E-state index contributed by atoms with van der Waals surface area (Å²) in [4.78, 5) is 24.1. The molecule has 2 amide bonds. The van der Waals surface area contributed by atoms with E-state index in [1.807, 2.05) is 0 Å². The number of sulfone groups is 1. The fourth-order valence-electron chi connectivity index (χ4n) is 2.57. The lowest BCUT2D eigenvalue weighted by Crippen LogP contribution is -2.18. The number of amides is 2. The molecular formula is C18H16N2O5S. The van der Waals surface area contributed by atoms with Crippen molar-refractivity contribution >= 4 is 38.3 Å². The molecule has 0 aliphatic carbocycles. The van der Waals surface area contributed by atoms with Gasteiger partial charge in [-0.25, -0.2) is 8.42 Å². The number of para-hydroxylation sites is 1. The predicted octanol–water partition coefficient (Wildman–Crippen LogP) is 2.12. The fraction of sp³-hybridized carbons (Fsp3) is 0.111. The molecule has 0 bridgehead atoms. The van der Waals surface area contributed by atoms with Crippen molar-refractivity contribution in [1.82, 2.24) is 0 Å². The van der Waals surface area contributed by atoms with Gasteiger partial charge in [-0.3, -0.25) is 9.59 Å². The van der Waals surface area contributed by atoms with Crippen LogP contribution in [0.15, 0.2) is 57.8 Å². The minimum atomic E-state index is -3.29. The van der Waals surface area contributed by atoms with Crippen LogP contribution < -0.4 is 11.1 Å². The molecule has 0 fully saturated rings. The van der Waals surface area contributed by atoms with E-state index in [2.05, 4.69) is 5.32 Å². The number of hydrogen-bond acceptors (Lipinski definition) is 5. The first-order valence-electron chi connectivity index (χ1n) is 7.66. The number of nitrogens with one attached hydrogen (secondary N) is 1. The molecule has 1 aromatic heterocycles. The Labute approximate surface area is 149 Å². The SMILES string of the molecule is CS(=O)(=O)c1ccc(CC(=O)Nc2c(C(N)=O)oc3ccccc23)cc1.